The van der Waals surface area contributed by atoms with Crippen LogP contribution < -0.4 is 9.47 Å². The van der Waals surface area contributed by atoms with Gasteiger partial charge in [-0.15, -0.1) is 0 Å². The molecule has 182 valence electrons. The van der Waals surface area contributed by atoms with Crippen molar-refractivity contribution in [2.24, 2.45) is 0 Å². The molecule has 5 nitrogen and oxygen atoms in total. The smallest absolute Gasteiger partial charge is 0.459 e. The molecular formula is C19H14Cl2F7NO4. The van der Waals surface area contributed by atoms with Crippen LogP contribution in [0.2, 0.25) is 10.0 Å². The maximum Gasteiger partial charge on any atom is 0.459 e. The lowest BCUT2D eigenvalue weighted by atomic mass is 10.1. The number of halogens is 9. The maximum atomic E-state index is 13.5. The number of ether oxygens (including phenoxy) is 2. The highest BCUT2D eigenvalue weighted by Crippen LogP contribution is 2.46. The molecule has 0 aliphatic rings. The zero-order valence-electron chi connectivity index (χ0n) is 16.2. The molecule has 0 bridgehead atoms. The number of carbonyl (C=O) groups is 1. The lowest BCUT2D eigenvalue weighted by Gasteiger charge is -2.31. The van der Waals surface area contributed by atoms with Crippen LogP contribution in [-0.4, -0.2) is 53.8 Å². The summed E-state index contributed by atoms with van der Waals surface area (Å²) in [6, 6.07) is 10.4. The summed E-state index contributed by atoms with van der Waals surface area (Å²) in [5.74, 6) is -11.5. The molecule has 33 heavy (non-hydrogen) atoms. The second-order valence-corrected chi connectivity index (χ2v) is 7.32. The van der Waals surface area contributed by atoms with Gasteiger partial charge < -0.3 is 14.6 Å². The topological polar surface area (TPSA) is 59.0 Å². The van der Waals surface area contributed by atoms with E-state index in [1.165, 1.54) is 24.3 Å². The zero-order valence-corrected chi connectivity index (χ0v) is 17.7. The van der Waals surface area contributed by atoms with E-state index in [0.717, 1.165) is 0 Å². The van der Waals surface area contributed by atoms with Crippen LogP contribution in [0.5, 0.6) is 17.2 Å². The first-order valence-electron chi connectivity index (χ1n) is 8.80. The summed E-state index contributed by atoms with van der Waals surface area (Å²) in [7, 11) is 0. The van der Waals surface area contributed by atoms with Gasteiger partial charge >= 0.3 is 24.1 Å². The van der Waals surface area contributed by atoms with E-state index in [2.05, 4.69) is 0 Å². The van der Waals surface area contributed by atoms with Crippen molar-refractivity contribution < 1.29 is 50.1 Å². The van der Waals surface area contributed by atoms with E-state index in [-0.39, 0.29) is 21.4 Å². The molecular weight excluding hydrogens is 510 g/mol. The molecule has 0 atom stereocenters. The third-order valence-corrected chi connectivity index (χ3v) is 4.56. The van der Waals surface area contributed by atoms with Gasteiger partial charge in [0.05, 0.1) is 18.1 Å². The zero-order chi connectivity index (χ0) is 25.0. The van der Waals surface area contributed by atoms with Crippen molar-refractivity contribution >= 4 is 29.3 Å². The third-order valence-electron chi connectivity index (χ3n) is 4.03. The summed E-state index contributed by atoms with van der Waals surface area (Å²) in [6.07, 6.45) is -8.72. The van der Waals surface area contributed by atoms with Crippen molar-refractivity contribution in [1.29, 1.82) is 0 Å². The monoisotopic (exact) mass is 523 g/mol. The molecule has 0 fully saturated rings. The number of amides is 1. The van der Waals surface area contributed by atoms with Gasteiger partial charge in [-0.3, -0.25) is 4.90 Å². The molecule has 2 rings (SSSR count). The second kappa shape index (κ2) is 10.1. The fourth-order valence-corrected chi connectivity index (χ4v) is 2.79. The van der Waals surface area contributed by atoms with E-state index in [1.807, 2.05) is 0 Å². The van der Waals surface area contributed by atoms with Gasteiger partial charge in [0.2, 0.25) is 0 Å². The van der Waals surface area contributed by atoms with Crippen molar-refractivity contribution in [2.75, 3.05) is 19.7 Å². The first-order valence-corrected chi connectivity index (χ1v) is 9.55. The Kier molecular flexibility index (Phi) is 8.18. The Balaban J connectivity index is 2.01. The maximum absolute atomic E-state index is 13.5. The molecule has 2 aromatic rings. The number of hydrogen-bond acceptors (Lipinski definition) is 3. The van der Waals surface area contributed by atoms with Crippen molar-refractivity contribution in [2.45, 2.75) is 18.0 Å². The summed E-state index contributed by atoms with van der Waals surface area (Å²) < 4.78 is 100. The highest BCUT2D eigenvalue weighted by atomic mass is 35.5. The van der Waals surface area contributed by atoms with Crippen molar-refractivity contribution in [3.63, 3.8) is 0 Å². The highest BCUT2D eigenvalue weighted by Gasteiger charge is 2.73. The minimum Gasteiger partial charge on any atom is -0.490 e. The summed E-state index contributed by atoms with van der Waals surface area (Å²) in [6.45, 7) is -4.03. The number of benzene rings is 2. The Hall–Kier alpha value is -2.60. The molecule has 0 radical (unpaired) electrons. The fourth-order valence-electron chi connectivity index (χ4n) is 2.38. The van der Waals surface area contributed by atoms with Crippen LogP contribution >= 0.6 is 23.2 Å². The summed E-state index contributed by atoms with van der Waals surface area (Å²) in [4.78, 5) is 10.7. The molecule has 0 spiro atoms. The molecule has 2 aromatic carbocycles. The Morgan fingerprint density at radius 3 is 2.15 bits per heavy atom. The molecule has 0 aliphatic heterocycles. The van der Waals surface area contributed by atoms with Crippen LogP contribution in [0.4, 0.5) is 35.5 Å². The molecule has 0 saturated carbocycles. The molecule has 0 unspecified atom stereocenters. The minimum absolute atomic E-state index is 0.0367. The molecule has 0 aromatic heterocycles. The van der Waals surface area contributed by atoms with Gasteiger partial charge in [-0.2, -0.15) is 30.7 Å². The Morgan fingerprint density at radius 2 is 1.61 bits per heavy atom. The number of nitrogens with zero attached hydrogens (tertiary/aromatic N) is 1. The van der Waals surface area contributed by atoms with E-state index in [1.54, 1.807) is 18.2 Å². The number of alkyl halides is 7. The fraction of sp³-hybridized carbons (Fsp3) is 0.316. The van der Waals surface area contributed by atoms with E-state index >= 15 is 0 Å². The molecule has 1 N–H and O–H groups in total. The van der Waals surface area contributed by atoms with Crippen LogP contribution in [0.25, 0.3) is 0 Å². The SMILES string of the molecule is O=C(O)N(CCOc1ccc(Oc2cccc(Cl)c2)cc1Cl)CC(F)(F)C(F)(F)C(F)(F)F. The number of carboxylic acid groups (broad SMARTS) is 1. The average Bonchev–Trinajstić information content (AvgIpc) is 2.67. The Labute approximate surface area is 192 Å². The number of rotatable bonds is 9. The quantitative estimate of drug-likeness (QED) is 0.360. The normalized spacial score (nSPS) is 12.4. The van der Waals surface area contributed by atoms with E-state index < -0.39 is 43.8 Å². The van der Waals surface area contributed by atoms with Gasteiger partial charge in [-0.1, -0.05) is 29.3 Å². The van der Waals surface area contributed by atoms with Crippen LogP contribution in [0.15, 0.2) is 42.5 Å². The Bertz CT molecular complexity index is 989. The molecule has 0 saturated heterocycles. The summed E-state index contributed by atoms with van der Waals surface area (Å²) in [5.41, 5.74) is 0. The molecule has 14 heteroatoms. The number of hydrogen-bond donors (Lipinski definition) is 1. The molecule has 0 heterocycles. The summed E-state index contributed by atoms with van der Waals surface area (Å²) >= 11 is 11.9. The standard InChI is InChI=1S/C19H14Cl2F7NO4/c20-11-2-1-3-12(8-11)33-13-4-5-15(14(21)9-13)32-7-6-29(16(30)31)10-17(22,23)18(24,25)19(26,27)28/h1-5,8-9H,6-7,10H2,(H,30,31). The third kappa shape index (κ3) is 6.70. The predicted octanol–water partition coefficient (Wildman–Crippen LogP) is 6.98. The minimum atomic E-state index is -6.57. The predicted molar refractivity (Wildman–Crippen MR) is 104 cm³/mol. The van der Waals surface area contributed by atoms with Crippen molar-refractivity contribution in [1.82, 2.24) is 4.90 Å². The van der Waals surface area contributed by atoms with Gasteiger partial charge in [-0.25, -0.2) is 4.79 Å². The van der Waals surface area contributed by atoms with Gasteiger partial charge in [0.25, 0.3) is 0 Å². The van der Waals surface area contributed by atoms with Crippen molar-refractivity contribution in [3.8, 4) is 17.2 Å². The van der Waals surface area contributed by atoms with Gasteiger partial charge in [0.1, 0.15) is 23.9 Å². The second-order valence-electron chi connectivity index (χ2n) is 6.48. The lowest BCUT2D eigenvalue weighted by molar-refractivity contribution is -0.355. The van der Waals surface area contributed by atoms with E-state index in [4.69, 9.17) is 37.8 Å². The van der Waals surface area contributed by atoms with Gasteiger partial charge in [-0.05, 0) is 30.3 Å². The van der Waals surface area contributed by atoms with Crippen molar-refractivity contribution in [3.05, 3.63) is 52.5 Å². The van der Waals surface area contributed by atoms with E-state index in [9.17, 15) is 35.5 Å². The largest absolute Gasteiger partial charge is 0.490 e. The first-order chi connectivity index (χ1) is 15.1. The van der Waals surface area contributed by atoms with Crippen LogP contribution in [0.1, 0.15) is 0 Å². The Morgan fingerprint density at radius 1 is 0.970 bits per heavy atom. The lowest BCUT2D eigenvalue weighted by Crippen LogP contribution is -2.57. The molecule has 1 amide bonds. The highest BCUT2D eigenvalue weighted by molar-refractivity contribution is 6.32. The van der Waals surface area contributed by atoms with E-state index in [0.29, 0.717) is 10.8 Å². The van der Waals surface area contributed by atoms with Crippen LogP contribution in [-0.2, 0) is 0 Å². The van der Waals surface area contributed by atoms with Gasteiger partial charge in [0.15, 0.2) is 0 Å². The van der Waals surface area contributed by atoms with Gasteiger partial charge in [0, 0.05) is 11.1 Å². The molecule has 0 aliphatic carbocycles. The van der Waals surface area contributed by atoms with Crippen LogP contribution in [0.3, 0.4) is 0 Å². The summed E-state index contributed by atoms with van der Waals surface area (Å²) in [5, 5.41) is 9.29. The average molecular weight is 524 g/mol. The first kappa shape index (κ1) is 26.7. The van der Waals surface area contributed by atoms with Crippen LogP contribution in [0, 0.1) is 0 Å².